The van der Waals surface area contributed by atoms with Crippen molar-refractivity contribution in [2.75, 3.05) is 0 Å². The predicted octanol–water partition coefficient (Wildman–Crippen LogP) is 6.03. The first-order valence-corrected chi connectivity index (χ1v) is 9.50. The summed E-state index contributed by atoms with van der Waals surface area (Å²) >= 11 is 0. The van der Waals surface area contributed by atoms with Gasteiger partial charge in [0.1, 0.15) is 0 Å². The van der Waals surface area contributed by atoms with E-state index in [0.29, 0.717) is 5.41 Å². The molecule has 0 bridgehead atoms. The summed E-state index contributed by atoms with van der Waals surface area (Å²) in [5, 5.41) is 4.01. The maximum absolute atomic E-state index is 4.01. The second-order valence-electron chi connectivity index (χ2n) is 9.01. The van der Waals surface area contributed by atoms with Gasteiger partial charge in [0.25, 0.3) is 0 Å². The average Bonchev–Trinajstić information content (AvgIpc) is 2.37. The van der Waals surface area contributed by atoms with E-state index in [1.165, 1.54) is 44.9 Å². The van der Waals surface area contributed by atoms with Gasteiger partial charge < -0.3 is 5.32 Å². The maximum atomic E-state index is 4.01. The van der Waals surface area contributed by atoms with Gasteiger partial charge in [-0.2, -0.15) is 0 Å². The highest BCUT2D eigenvalue weighted by Gasteiger charge is 2.32. The van der Waals surface area contributed by atoms with Gasteiger partial charge in [0.05, 0.1) is 0 Å². The van der Waals surface area contributed by atoms with Gasteiger partial charge in [-0.1, -0.05) is 54.9 Å². The second-order valence-corrected chi connectivity index (χ2v) is 9.01. The van der Waals surface area contributed by atoms with Crippen LogP contribution in [0.3, 0.4) is 0 Å². The molecule has 0 aromatic heterocycles. The Balaban J connectivity index is 2.45. The van der Waals surface area contributed by atoms with Crippen LogP contribution in [0.25, 0.3) is 0 Å². The summed E-state index contributed by atoms with van der Waals surface area (Å²) in [6.07, 6.45) is 9.61. The third-order valence-electron chi connectivity index (χ3n) is 5.73. The number of hydrogen-bond acceptors (Lipinski definition) is 1. The Morgan fingerprint density at radius 3 is 1.76 bits per heavy atom. The zero-order chi connectivity index (χ0) is 16.0. The van der Waals surface area contributed by atoms with E-state index >= 15 is 0 Å². The Kier molecular flexibility index (Phi) is 7.74. The van der Waals surface area contributed by atoms with E-state index in [0.717, 1.165) is 29.8 Å². The van der Waals surface area contributed by atoms with Crippen molar-refractivity contribution in [3.63, 3.8) is 0 Å². The highest BCUT2D eigenvalue weighted by Crippen LogP contribution is 2.40. The SMILES string of the molecule is CCC(C)(C)C1CCC(NC(CC(C)C)CC(C)C)CC1. The normalized spacial score (nSPS) is 24.3. The van der Waals surface area contributed by atoms with Gasteiger partial charge in [-0.3, -0.25) is 0 Å². The van der Waals surface area contributed by atoms with Crippen molar-refractivity contribution < 1.29 is 0 Å². The highest BCUT2D eigenvalue weighted by atomic mass is 15.0. The van der Waals surface area contributed by atoms with Crippen LogP contribution in [-0.2, 0) is 0 Å². The Hall–Kier alpha value is -0.0400. The zero-order valence-corrected chi connectivity index (χ0v) is 15.8. The molecular formula is C20H41N. The monoisotopic (exact) mass is 295 g/mol. The molecule has 1 fully saturated rings. The lowest BCUT2D eigenvalue weighted by Crippen LogP contribution is -2.43. The second kappa shape index (κ2) is 8.56. The van der Waals surface area contributed by atoms with Gasteiger partial charge in [0.2, 0.25) is 0 Å². The van der Waals surface area contributed by atoms with Crippen LogP contribution < -0.4 is 5.32 Å². The molecule has 1 saturated carbocycles. The van der Waals surface area contributed by atoms with E-state index in [2.05, 4.69) is 53.8 Å². The van der Waals surface area contributed by atoms with Gasteiger partial charge in [0.15, 0.2) is 0 Å². The first kappa shape index (κ1) is 19.0. The lowest BCUT2D eigenvalue weighted by Gasteiger charge is -2.40. The minimum atomic E-state index is 0.542. The summed E-state index contributed by atoms with van der Waals surface area (Å²) < 4.78 is 0. The van der Waals surface area contributed by atoms with Crippen molar-refractivity contribution in [3.8, 4) is 0 Å². The van der Waals surface area contributed by atoms with E-state index in [4.69, 9.17) is 0 Å². The molecule has 0 unspecified atom stereocenters. The van der Waals surface area contributed by atoms with Gasteiger partial charge in [-0.05, 0) is 61.7 Å². The molecule has 0 heterocycles. The molecule has 1 nitrogen and oxygen atoms in total. The molecule has 0 aromatic carbocycles. The highest BCUT2D eigenvalue weighted by molar-refractivity contribution is 4.86. The van der Waals surface area contributed by atoms with Crippen molar-refractivity contribution >= 4 is 0 Å². The predicted molar refractivity (Wildman–Crippen MR) is 95.7 cm³/mol. The maximum Gasteiger partial charge on any atom is 0.00745 e. The van der Waals surface area contributed by atoms with Crippen molar-refractivity contribution in [1.82, 2.24) is 5.32 Å². The van der Waals surface area contributed by atoms with Crippen molar-refractivity contribution in [2.45, 2.75) is 105 Å². The van der Waals surface area contributed by atoms with Crippen LogP contribution in [0.4, 0.5) is 0 Å². The number of hydrogen-bond donors (Lipinski definition) is 1. The molecule has 0 aliphatic heterocycles. The minimum absolute atomic E-state index is 0.542. The molecule has 1 N–H and O–H groups in total. The molecule has 21 heavy (non-hydrogen) atoms. The summed E-state index contributed by atoms with van der Waals surface area (Å²) in [4.78, 5) is 0. The fourth-order valence-electron chi connectivity index (χ4n) is 4.03. The quantitative estimate of drug-likeness (QED) is 0.576. The smallest absolute Gasteiger partial charge is 0.00745 e. The fourth-order valence-corrected chi connectivity index (χ4v) is 4.03. The van der Waals surface area contributed by atoms with Crippen LogP contribution in [0.5, 0.6) is 0 Å². The van der Waals surface area contributed by atoms with E-state index in [1.54, 1.807) is 0 Å². The topological polar surface area (TPSA) is 12.0 Å². The lowest BCUT2D eigenvalue weighted by molar-refractivity contribution is 0.131. The first-order chi connectivity index (χ1) is 9.74. The molecular weight excluding hydrogens is 254 g/mol. The lowest BCUT2D eigenvalue weighted by atomic mass is 9.69. The van der Waals surface area contributed by atoms with E-state index in [9.17, 15) is 0 Å². The summed E-state index contributed by atoms with van der Waals surface area (Å²) in [5.74, 6) is 2.54. The van der Waals surface area contributed by atoms with Crippen LogP contribution >= 0.6 is 0 Å². The molecule has 1 aliphatic rings. The Morgan fingerprint density at radius 1 is 0.905 bits per heavy atom. The minimum Gasteiger partial charge on any atom is -0.311 e. The van der Waals surface area contributed by atoms with E-state index in [-0.39, 0.29) is 0 Å². The largest absolute Gasteiger partial charge is 0.311 e. The van der Waals surface area contributed by atoms with Gasteiger partial charge in [0, 0.05) is 12.1 Å². The fraction of sp³-hybridized carbons (Fsp3) is 1.00. The molecule has 1 heteroatoms. The summed E-state index contributed by atoms with van der Waals surface area (Å²) in [6.45, 7) is 16.7. The Bertz CT molecular complexity index is 262. The zero-order valence-electron chi connectivity index (χ0n) is 15.8. The van der Waals surface area contributed by atoms with Crippen LogP contribution in [0.15, 0.2) is 0 Å². The molecule has 0 spiro atoms. The van der Waals surface area contributed by atoms with E-state index < -0.39 is 0 Å². The third-order valence-corrected chi connectivity index (χ3v) is 5.73. The number of nitrogens with one attached hydrogen (secondary N) is 1. The molecule has 1 aliphatic carbocycles. The Morgan fingerprint density at radius 2 is 1.38 bits per heavy atom. The molecule has 0 radical (unpaired) electrons. The molecule has 0 aromatic rings. The third kappa shape index (κ3) is 6.72. The summed E-state index contributed by atoms with van der Waals surface area (Å²) in [7, 11) is 0. The van der Waals surface area contributed by atoms with Gasteiger partial charge in [-0.25, -0.2) is 0 Å². The van der Waals surface area contributed by atoms with Crippen LogP contribution in [0, 0.1) is 23.2 Å². The van der Waals surface area contributed by atoms with Gasteiger partial charge in [-0.15, -0.1) is 0 Å². The Labute approximate surface area is 134 Å². The molecule has 0 atom stereocenters. The average molecular weight is 296 g/mol. The van der Waals surface area contributed by atoms with Crippen molar-refractivity contribution in [1.29, 1.82) is 0 Å². The molecule has 0 saturated heterocycles. The van der Waals surface area contributed by atoms with Crippen LogP contribution in [0.1, 0.15) is 93.4 Å². The summed E-state index contributed by atoms with van der Waals surface area (Å²) in [6, 6.07) is 1.50. The first-order valence-electron chi connectivity index (χ1n) is 9.50. The number of rotatable bonds is 8. The molecule has 126 valence electrons. The van der Waals surface area contributed by atoms with Crippen LogP contribution in [0.2, 0.25) is 0 Å². The van der Waals surface area contributed by atoms with Crippen molar-refractivity contribution in [3.05, 3.63) is 0 Å². The van der Waals surface area contributed by atoms with Crippen LogP contribution in [-0.4, -0.2) is 12.1 Å². The molecule has 0 amide bonds. The summed E-state index contributed by atoms with van der Waals surface area (Å²) in [5.41, 5.74) is 0.542. The molecule has 1 rings (SSSR count). The standard InChI is InChI=1S/C20H41N/c1-8-20(6,7)17-9-11-18(12-10-17)21-19(13-15(2)3)14-16(4)5/h15-19,21H,8-14H2,1-7H3. The van der Waals surface area contributed by atoms with Gasteiger partial charge >= 0.3 is 0 Å². The van der Waals surface area contributed by atoms with E-state index in [1.807, 2.05) is 0 Å². The van der Waals surface area contributed by atoms with Crippen molar-refractivity contribution in [2.24, 2.45) is 23.2 Å².